The Morgan fingerprint density at radius 1 is 1.39 bits per heavy atom. The Morgan fingerprint density at radius 3 is 2.83 bits per heavy atom. The van der Waals surface area contributed by atoms with Crippen molar-refractivity contribution in [2.45, 2.75) is 18.8 Å². The first-order valence-electron chi connectivity index (χ1n) is 5.58. The molecule has 0 N–H and O–H groups in total. The van der Waals surface area contributed by atoms with Crippen LogP contribution in [0.4, 0.5) is 0 Å². The quantitative estimate of drug-likeness (QED) is 0.706. The molecule has 2 nitrogen and oxygen atoms in total. The fourth-order valence-electron chi connectivity index (χ4n) is 1.59. The predicted octanol–water partition coefficient (Wildman–Crippen LogP) is 4.38. The highest BCUT2D eigenvalue weighted by Crippen LogP contribution is 2.21. The second kappa shape index (κ2) is 7.01. The van der Waals surface area contributed by atoms with E-state index >= 15 is 0 Å². The molecule has 2 rings (SSSR count). The van der Waals surface area contributed by atoms with Gasteiger partial charge in [0.15, 0.2) is 0 Å². The normalized spacial score (nSPS) is 11.3. The van der Waals surface area contributed by atoms with E-state index in [2.05, 4.69) is 44.3 Å². The van der Waals surface area contributed by atoms with Gasteiger partial charge in [-0.05, 0) is 29.0 Å². The lowest BCUT2D eigenvalue weighted by Gasteiger charge is -2.14. The van der Waals surface area contributed by atoms with Crippen LogP contribution in [0.1, 0.15) is 15.6 Å². The molecule has 0 aliphatic rings. The van der Waals surface area contributed by atoms with E-state index in [1.807, 2.05) is 5.38 Å². The summed E-state index contributed by atoms with van der Waals surface area (Å²) >= 11 is 12.7. The number of rotatable bonds is 6. The van der Waals surface area contributed by atoms with Gasteiger partial charge < -0.3 is 4.90 Å². The van der Waals surface area contributed by atoms with Gasteiger partial charge in [0.2, 0.25) is 0 Å². The molecular weight excluding hydrogens is 352 g/mol. The van der Waals surface area contributed by atoms with Crippen LogP contribution in [0.15, 0.2) is 21.3 Å². The average molecular weight is 366 g/mol. The van der Waals surface area contributed by atoms with Crippen LogP contribution in [0.25, 0.3) is 0 Å². The van der Waals surface area contributed by atoms with Crippen LogP contribution in [0.2, 0.25) is 0 Å². The fourth-order valence-corrected chi connectivity index (χ4v) is 4.14. The molecule has 0 saturated heterocycles. The van der Waals surface area contributed by atoms with Gasteiger partial charge in [0.05, 0.1) is 16.6 Å². The van der Waals surface area contributed by atoms with E-state index in [1.165, 1.54) is 14.4 Å². The highest BCUT2D eigenvalue weighted by molar-refractivity contribution is 9.10. The lowest BCUT2D eigenvalue weighted by Crippen LogP contribution is -2.20. The van der Waals surface area contributed by atoms with Crippen molar-refractivity contribution < 1.29 is 0 Å². The van der Waals surface area contributed by atoms with Crippen molar-refractivity contribution in [2.75, 3.05) is 13.6 Å². The number of thiazole rings is 1. The number of hydrogen-bond donors (Lipinski definition) is 0. The lowest BCUT2D eigenvalue weighted by atomic mass is 10.3. The summed E-state index contributed by atoms with van der Waals surface area (Å²) in [7, 11) is 2.14. The van der Waals surface area contributed by atoms with Crippen LogP contribution >= 0.6 is 50.2 Å². The van der Waals surface area contributed by atoms with E-state index in [0.717, 1.165) is 25.2 Å². The molecule has 0 aliphatic heterocycles. The fraction of sp³-hybridized carbons (Fsp3) is 0.417. The first kappa shape index (κ1) is 14.5. The van der Waals surface area contributed by atoms with E-state index in [-0.39, 0.29) is 0 Å². The highest BCUT2D eigenvalue weighted by atomic mass is 79.9. The number of aromatic nitrogens is 1. The molecule has 0 aromatic carbocycles. The first-order valence-corrected chi connectivity index (χ1v) is 8.66. The number of likely N-dealkylation sites (N-methyl/N-ethyl adjacent to an activating group) is 1. The van der Waals surface area contributed by atoms with Gasteiger partial charge in [0.25, 0.3) is 0 Å². The van der Waals surface area contributed by atoms with E-state index in [4.69, 9.17) is 11.6 Å². The molecular formula is C12H14BrClN2S2. The van der Waals surface area contributed by atoms with Crippen molar-refractivity contribution in [1.29, 1.82) is 0 Å². The smallest absolute Gasteiger partial charge is 0.0941 e. The second-order valence-electron chi connectivity index (χ2n) is 4.09. The Labute approximate surface area is 129 Å². The maximum Gasteiger partial charge on any atom is 0.0941 e. The Kier molecular flexibility index (Phi) is 5.63. The molecule has 2 aromatic heterocycles. The van der Waals surface area contributed by atoms with E-state index in [0.29, 0.717) is 5.88 Å². The summed E-state index contributed by atoms with van der Waals surface area (Å²) in [6.45, 7) is 2.01. The van der Waals surface area contributed by atoms with E-state index in [9.17, 15) is 0 Å². The molecule has 0 fully saturated rings. The van der Waals surface area contributed by atoms with Gasteiger partial charge in [0, 0.05) is 39.6 Å². The zero-order valence-electron chi connectivity index (χ0n) is 10.0. The third-order valence-corrected chi connectivity index (χ3v) is 5.40. The summed E-state index contributed by atoms with van der Waals surface area (Å²) in [4.78, 5) is 8.17. The summed E-state index contributed by atoms with van der Waals surface area (Å²) in [5.74, 6) is 0.509. The maximum atomic E-state index is 5.74. The van der Waals surface area contributed by atoms with Gasteiger partial charge in [-0.3, -0.25) is 0 Å². The van der Waals surface area contributed by atoms with Crippen LogP contribution in [-0.2, 0) is 18.8 Å². The van der Waals surface area contributed by atoms with Crippen molar-refractivity contribution in [3.8, 4) is 0 Å². The molecule has 0 spiro atoms. The van der Waals surface area contributed by atoms with Crippen molar-refractivity contribution in [3.63, 3.8) is 0 Å². The summed E-state index contributed by atoms with van der Waals surface area (Å²) in [6.07, 6.45) is 0.991. The van der Waals surface area contributed by atoms with Crippen LogP contribution < -0.4 is 0 Å². The van der Waals surface area contributed by atoms with Crippen LogP contribution in [0.5, 0.6) is 0 Å². The van der Waals surface area contributed by atoms with E-state index in [1.54, 1.807) is 22.7 Å². The van der Waals surface area contributed by atoms with Crippen molar-refractivity contribution in [2.24, 2.45) is 0 Å². The van der Waals surface area contributed by atoms with Crippen LogP contribution in [0, 0.1) is 0 Å². The molecule has 0 amide bonds. The Balaban J connectivity index is 1.79. The van der Waals surface area contributed by atoms with Crippen molar-refractivity contribution >= 4 is 50.2 Å². The maximum absolute atomic E-state index is 5.74. The summed E-state index contributed by atoms with van der Waals surface area (Å²) in [5, 5.41) is 5.33. The van der Waals surface area contributed by atoms with Crippen LogP contribution in [0.3, 0.4) is 0 Å². The molecule has 98 valence electrons. The number of thiophene rings is 1. The van der Waals surface area contributed by atoms with Gasteiger partial charge in [-0.1, -0.05) is 0 Å². The van der Waals surface area contributed by atoms with Crippen LogP contribution in [-0.4, -0.2) is 23.5 Å². The Bertz CT molecular complexity index is 498. The number of halogens is 2. The third-order valence-electron chi connectivity index (χ3n) is 2.49. The largest absolute Gasteiger partial charge is 0.301 e. The molecule has 0 radical (unpaired) electrons. The Morgan fingerprint density at radius 2 is 2.22 bits per heavy atom. The zero-order chi connectivity index (χ0) is 13.0. The minimum Gasteiger partial charge on any atom is -0.301 e. The second-order valence-corrected chi connectivity index (χ2v) is 7.21. The molecule has 0 aliphatic carbocycles. The van der Waals surface area contributed by atoms with Gasteiger partial charge in [0.1, 0.15) is 0 Å². The third kappa shape index (κ3) is 4.31. The summed E-state index contributed by atoms with van der Waals surface area (Å²) < 4.78 is 1.17. The Hall–Kier alpha value is 0.0600. The number of alkyl halides is 1. The van der Waals surface area contributed by atoms with Gasteiger partial charge >= 0.3 is 0 Å². The van der Waals surface area contributed by atoms with Gasteiger partial charge in [-0.25, -0.2) is 4.98 Å². The predicted molar refractivity (Wildman–Crippen MR) is 83.7 cm³/mol. The van der Waals surface area contributed by atoms with Gasteiger partial charge in [-0.2, -0.15) is 0 Å². The number of hydrogen-bond acceptors (Lipinski definition) is 4. The molecule has 0 atom stereocenters. The minimum absolute atomic E-state index is 0.509. The van der Waals surface area contributed by atoms with E-state index < -0.39 is 0 Å². The molecule has 6 heteroatoms. The average Bonchev–Trinajstić information content (AvgIpc) is 2.95. The summed E-state index contributed by atoms with van der Waals surface area (Å²) in [6, 6.07) is 2.18. The topological polar surface area (TPSA) is 16.1 Å². The molecule has 0 unspecified atom stereocenters. The first-order chi connectivity index (χ1) is 8.67. The van der Waals surface area contributed by atoms with Gasteiger partial charge in [-0.15, -0.1) is 34.3 Å². The molecule has 0 bridgehead atoms. The standard InChI is InChI=1S/C12H14BrClN2S2/c1-16(6-11-4-9(13)7-17-11)3-2-12-15-10(5-14)8-18-12/h4,7-8H,2-3,5-6H2,1H3. The lowest BCUT2D eigenvalue weighted by molar-refractivity contribution is 0.334. The van der Waals surface area contributed by atoms with Crippen molar-refractivity contribution in [1.82, 2.24) is 9.88 Å². The zero-order valence-corrected chi connectivity index (χ0v) is 14.0. The molecule has 18 heavy (non-hydrogen) atoms. The SMILES string of the molecule is CN(CCc1nc(CCl)cs1)Cc1cc(Br)cs1. The minimum atomic E-state index is 0.509. The molecule has 0 saturated carbocycles. The molecule has 2 heterocycles. The number of nitrogens with zero attached hydrogens (tertiary/aromatic N) is 2. The monoisotopic (exact) mass is 364 g/mol. The van der Waals surface area contributed by atoms with Crippen molar-refractivity contribution in [3.05, 3.63) is 36.9 Å². The highest BCUT2D eigenvalue weighted by Gasteiger charge is 2.06. The molecule has 2 aromatic rings. The summed E-state index contributed by atoms with van der Waals surface area (Å²) in [5.41, 5.74) is 0.988.